The summed E-state index contributed by atoms with van der Waals surface area (Å²) in [5, 5.41) is 2.59. The van der Waals surface area contributed by atoms with Gasteiger partial charge in [0.05, 0.1) is 31.0 Å². The predicted molar refractivity (Wildman–Crippen MR) is 113 cm³/mol. The number of benzene rings is 2. The van der Waals surface area contributed by atoms with E-state index in [-0.39, 0.29) is 24.2 Å². The molecule has 10 nitrogen and oxygen atoms in total. The van der Waals surface area contributed by atoms with Gasteiger partial charge in [0.1, 0.15) is 5.75 Å². The van der Waals surface area contributed by atoms with Gasteiger partial charge in [-0.1, -0.05) is 0 Å². The quantitative estimate of drug-likeness (QED) is 0.262. The number of guanidine groups is 1. The Morgan fingerprint density at radius 1 is 0.968 bits per heavy atom. The van der Waals surface area contributed by atoms with Crippen molar-refractivity contribution in [3.05, 3.63) is 59.7 Å². The van der Waals surface area contributed by atoms with Gasteiger partial charge in [-0.25, -0.2) is 9.79 Å². The Hall–Kier alpha value is -3.92. The van der Waals surface area contributed by atoms with Gasteiger partial charge in [-0.15, -0.1) is 0 Å². The third kappa shape index (κ3) is 6.28. The largest absolute Gasteiger partial charge is 0.423 e. The Bertz CT molecular complexity index is 963. The highest BCUT2D eigenvalue weighted by Gasteiger charge is 2.17. The van der Waals surface area contributed by atoms with Crippen LogP contribution < -0.4 is 21.5 Å². The third-order valence-corrected chi connectivity index (χ3v) is 4.45. The fourth-order valence-corrected chi connectivity index (χ4v) is 2.84. The van der Waals surface area contributed by atoms with Crippen molar-refractivity contribution < 1.29 is 23.9 Å². The van der Waals surface area contributed by atoms with E-state index in [9.17, 15) is 14.4 Å². The van der Waals surface area contributed by atoms with Crippen LogP contribution in [0.5, 0.6) is 5.75 Å². The topological polar surface area (TPSA) is 149 Å². The van der Waals surface area contributed by atoms with Crippen LogP contribution in [0.25, 0.3) is 0 Å². The summed E-state index contributed by atoms with van der Waals surface area (Å²) in [7, 11) is 0. The lowest BCUT2D eigenvalue weighted by Crippen LogP contribution is -2.45. The lowest BCUT2D eigenvalue weighted by atomic mass is 10.2. The number of hydrogen-bond donors (Lipinski definition) is 3. The monoisotopic (exact) mass is 425 g/mol. The lowest BCUT2D eigenvalue weighted by molar-refractivity contribution is -0.134. The van der Waals surface area contributed by atoms with Gasteiger partial charge in [0.25, 0.3) is 5.91 Å². The van der Waals surface area contributed by atoms with E-state index in [0.717, 1.165) is 0 Å². The highest BCUT2D eigenvalue weighted by Crippen LogP contribution is 2.17. The minimum absolute atomic E-state index is 0.0788. The van der Waals surface area contributed by atoms with E-state index in [1.807, 2.05) is 0 Å². The van der Waals surface area contributed by atoms with Crippen LogP contribution in [0.3, 0.4) is 0 Å². The third-order valence-electron chi connectivity index (χ3n) is 4.45. The number of carbonyl (C=O) groups excluding carboxylic acids is 3. The molecule has 162 valence electrons. The van der Waals surface area contributed by atoms with Crippen LogP contribution in [0.15, 0.2) is 53.5 Å². The number of ether oxygens (including phenoxy) is 2. The first-order valence-electron chi connectivity index (χ1n) is 9.58. The van der Waals surface area contributed by atoms with Gasteiger partial charge in [0.2, 0.25) is 5.91 Å². The number of esters is 1. The lowest BCUT2D eigenvalue weighted by Gasteiger charge is -2.26. The number of morpholine rings is 1. The number of carbonyl (C=O) groups is 3. The molecule has 1 aliphatic heterocycles. The van der Waals surface area contributed by atoms with Crippen LogP contribution in [0.1, 0.15) is 20.7 Å². The van der Waals surface area contributed by atoms with Crippen molar-refractivity contribution in [2.75, 3.05) is 32.8 Å². The van der Waals surface area contributed by atoms with Crippen molar-refractivity contribution in [2.24, 2.45) is 16.5 Å². The van der Waals surface area contributed by atoms with Crippen molar-refractivity contribution >= 4 is 29.4 Å². The van der Waals surface area contributed by atoms with Crippen molar-refractivity contribution in [1.82, 2.24) is 10.2 Å². The number of aliphatic imine (C=N–C) groups is 1. The molecule has 1 fully saturated rings. The summed E-state index contributed by atoms with van der Waals surface area (Å²) < 4.78 is 10.5. The summed E-state index contributed by atoms with van der Waals surface area (Å²) in [6.07, 6.45) is 0. The minimum Gasteiger partial charge on any atom is -0.423 e. The van der Waals surface area contributed by atoms with Gasteiger partial charge in [0.15, 0.2) is 5.96 Å². The zero-order chi connectivity index (χ0) is 22.2. The molecule has 31 heavy (non-hydrogen) atoms. The second-order valence-electron chi connectivity index (χ2n) is 6.67. The van der Waals surface area contributed by atoms with E-state index in [0.29, 0.717) is 43.1 Å². The molecule has 0 aromatic heterocycles. The van der Waals surface area contributed by atoms with Crippen LogP contribution >= 0.6 is 0 Å². The second-order valence-corrected chi connectivity index (χ2v) is 6.67. The van der Waals surface area contributed by atoms with Gasteiger partial charge in [-0.3, -0.25) is 9.59 Å². The Kier molecular flexibility index (Phi) is 7.17. The molecule has 0 aliphatic carbocycles. The van der Waals surface area contributed by atoms with Gasteiger partial charge < -0.3 is 31.2 Å². The summed E-state index contributed by atoms with van der Waals surface area (Å²) >= 11 is 0. The average Bonchev–Trinajstić information content (AvgIpc) is 2.78. The average molecular weight is 425 g/mol. The fourth-order valence-electron chi connectivity index (χ4n) is 2.84. The molecule has 5 N–H and O–H groups in total. The van der Waals surface area contributed by atoms with Crippen molar-refractivity contribution in [1.29, 1.82) is 0 Å². The standard InChI is InChI=1S/C21H23N5O5/c22-21(23)25-16-5-1-15(2-6-16)20(29)31-17-7-3-14(4-8-17)19(28)24-13-18(27)26-9-11-30-12-10-26/h1-8H,9-13H2,(H,24,28)(H4,22,23,25). The highest BCUT2D eigenvalue weighted by molar-refractivity contribution is 5.97. The molecule has 2 amide bonds. The van der Waals surface area contributed by atoms with E-state index >= 15 is 0 Å². The van der Waals surface area contributed by atoms with Crippen LogP contribution in [0, 0.1) is 0 Å². The molecule has 2 aromatic carbocycles. The maximum absolute atomic E-state index is 12.3. The maximum atomic E-state index is 12.3. The first kappa shape index (κ1) is 21.8. The maximum Gasteiger partial charge on any atom is 0.343 e. The normalized spacial score (nSPS) is 13.2. The molecule has 0 radical (unpaired) electrons. The number of nitrogens with one attached hydrogen (secondary N) is 1. The molecular weight excluding hydrogens is 402 g/mol. The molecule has 10 heteroatoms. The molecule has 0 unspecified atom stereocenters. The first-order chi connectivity index (χ1) is 14.9. The predicted octanol–water partition coefficient (Wildman–Crippen LogP) is 0.399. The van der Waals surface area contributed by atoms with Crippen molar-refractivity contribution in [3.8, 4) is 5.75 Å². The van der Waals surface area contributed by atoms with Gasteiger partial charge in [-0.2, -0.15) is 0 Å². The van der Waals surface area contributed by atoms with E-state index in [1.54, 1.807) is 17.0 Å². The number of rotatable bonds is 6. The zero-order valence-corrected chi connectivity index (χ0v) is 16.7. The molecule has 0 atom stereocenters. The zero-order valence-electron chi connectivity index (χ0n) is 16.7. The molecular formula is C21H23N5O5. The molecule has 3 rings (SSSR count). The summed E-state index contributed by atoms with van der Waals surface area (Å²) in [6, 6.07) is 12.3. The number of nitrogens with two attached hydrogens (primary N) is 2. The minimum atomic E-state index is -0.565. The highest BCUT2D eigenvalue weighted by atomic mass is 16.5. The molecule has 2 aromatic rings. The van der Waals surface area contributed by atoms with Gasteiger partial charge in [0, 0.05) is 18.7 Å². The van der Waals surface area contributed by atoms with Crippen LogP contribution in [0.2, 0.25) is 0 Å². The Balaban J connectivity index is 1.52. The SMILES string of the molecule is NC(N)=Nc1ccc(C(=O)Oc2ccc(C(=O)NCC(=O)N3CCOCC3)cc2)cc1. The molecule has 1 heterocycles. The van der Waals surface area contributed by atoms with Crippen LogP contribution in [-0.2, 0) is 9.53 Å². The molecule has 0 spiro atoms. The van der Waals surface area contributed by atoms with E-state index in [4.69, 9.17) is 20.9 Å². The summed E-state index contributed by atoms with van der Waals surface area (Å²) in [5.41, 5.74) is 11.8. The smallest absolute Gasteiger partial charge is 0.343 e. The van der Waals surface area contributed by atoms with Gasteiger partial charge >= 0.3 is 5.97 Å². The first-order valence-corrected chi connectivity index (χ1v) is 9.58. The van der Waals surface area contributed by atoms with Crippen molar-refractivity contribution in [3.63, 3.8) is 0 Å². The summed E-state index contributed by atoms with van der Waals surface area (Å²) in [5.74, 6) is -0.920. The molecule has 0 bridgehead atoms. The summed E-state index contributed by atoms with van der Waals surface area (Å²) in [6.45, 7) is 1.95. The number of nitrogens with zero attached hydrogens (tertiary/aromatic N) is 2. The van der Waals surface area contributed by atoms with E-state index in [2.05, 4.69) is 10.3 Å². The molecule has 1 aliphatic rings. The van der Waals surface area contributed by atoms with E-state index in [1.165, 1.54) is 36.4 Å². The Morgan fingerprint density at radius 3 is 2.19 bits per heavy atom. The Labute approximate surface area is 178 Å². The molecule has 0 saturated carbocycles. The van der Waals surface area contributed by atoms with Crippen LogP contribution in [-0.4, -0.2) is 61.5 Å². The number of amides is 2. The van der Waals surface area contributed by atoms with Crippen molar-refractivity contribution in [2.45, 2.75) is 0 Å². The molecule has 1 saturated heterocycles. The summed E-state index contributed by atoms with van der Waals surface area (Å²) in [4.78, 5) is 42.1. The van der Waals surface area contributed by atoms with E-state index < -0.39 is 11.9 Å². The second kappa shape index (κ2) is 10.2. The van der Waals surface area contributed by atoms with Gasteiger partial charge in [-0.05, 0) is 48.5 Å². The number of hydrogen-bond acceptors (Lipinski definition) is 6. The Morgan fingerprint density at radius 2 is 1.58 bits per heavy atom. The fraction of sp³-hybridized carbons (Fsp3) is 0.238. The van der Waals surface area contributed by atoms with Crippen LogP contribution in [0.4, 0.5) is 5.69 Å².